The molecule has 0 saturated carbocycles. The van der Waals surface area contributed by atoms with Gasteiger partial charge in [0.25, 0.3) is 11.8 Å². The lowest BCUT2D eigenvalue weighted by Gasteiger charge is -2.27. The van der Waals surface area contributed by atoms with Crippen LogP contribution in [-0.2, 0) is 11.2 Å². The summed E-state index contributed by atoms with van der Waals surface area (Å²) in [6.45, 7) is 1.07. The van der Waals surface area contributed by atoms with Crippen molar-refractivity contribution in [2.24, 2.45) is 0 Å². The Morgan fingerprint density at radius 2 is 2.12 bits per heavy atom. The Bertz CT molecular complexity index is 828. The standard InChI is InChI=1S/C18H19BrN4O2/c1-23-8-2-3-13-9-12(4-6-16(13)23)5-7-17(24)21-22-18(25)15-10-14(19)11-20-15/h4-7,9-11,20H,2-3,8H2,1H3,(H,21,24)(H,22,25). The van der Waals surface area contributed by atoms with Gasteiger partial charge in [0.15, 0.2) is 0 Å². The van der Waals surface area contributed by atoms with E-state index >= 15 is 0 Å². The first kappa shape index (κ1) is 17.3. The Labute approximate surface area is 154 Å². The van der Waals surface area contributed by atoms with Gasteiger partial charge in [0.1, 0.15) is 5.69 Å². The lowest BCUT2D eigenvalue weighted by Crippen LogP contribution is -2.40. The highest BCUT2D eigenvalue weighted by molar-refractivity contribution is 9.10. The van der Waals surface area contributed by atoms with Gasteiger partial charge in [0.2, 0.25) is 0 Å². The molecule has 0 saturated heterocycles. The number of anilines is 1. The largest absolute Gasteiger partial charge is 0.374 e. The molecule has 0 spiro atoms. The highest BCUT2D eigenvalue weighted by Gasteiger charge is 2.13. The van der Waals surface area contributed by atoms with Crippen LogP contribution < -0.4 is 15.8 Å². The van der Waals surface area contributed by atoms with E-state index in [-0.39, 0.29) is 0 Å². The van der Waals surface area contributed by atoms with Gasteiger partial charge in [0.05, 0.1) is 0 Å². The summed E-state index contributed by atoms with van der Waals surface area (Å²) in [7, 11) is 2.09. The Hall–Kier alpha value is -2.54. The summed E-state index contributed by atoms with van der Waals surface area (Å²) in [6, 6.07) is 7.79. The minimum atomic E-state index is -0.413. The van der Waals surface area contributed by atoms with E-state index < -0.39 is 11.8 Å². The van der Waals surface area contributed by atoms with Crippen LogP contribution in [0.15, 0.2) is 41.0 Å². The molecule has 2 aromatic rings. The normalized spacial score (nSPS) is 13.6. The third kappa shape index (κ3) is 4.30. The molecule has 6 nitrogen and oxygen atoms in total. The van der Waals surface area contributed by atoms with Gasteiger partial charge in [-0.2, -0.15) is 0 Å². The maximum Gasteiger partial charge on any atom is 0.286 e. The summed E-state index contributed by atoms with van der Waals surface area (Å²) in [5.74, 6) is -0.807. The van der Waals surface area contributed by atoms with E-state index in [9.17, 15) is 9.59 Å². The van der Waals surface area contributed by atoms with Crippen LogP contribution in [0.4, 0.5) is 5.69 Å². The molecule has 3 N–H and O–H groups in total. The number of rotatable bonds is 3. The van der Waals surface area contributed by atoms with Crippen LogP contribution in [0, 0.1) is 0 Å². The molecule has 25 heavy (non-hydrogen) atoms. The summed E-state index contributed by atoms with van der Waals surface area (Å²) in [5, 5.41) is 0. The van der Waals surface area contributed by atoms with E-state index in [0.717, 1.165) is 29.4 Å². The maximum absolute atomic E-state index is 11.9. The zero-order valence-electron chi connectivity index (χ0n) is 13.8. The average Bonchev–Trinajstić information content (AvgIpc) is 3.04. The van der Waals surface area contributed by atoms with Gasteiger partial charge in [-0.15, -0.1) is 0 Å². The van der Waals surface area contributed by atoms with Crippen molar-refractivity contribution in [1.82, 2.24) is 15.8 Å². The fourth-order valence-electron chi connectivity index (χ4n) is 2.81. The molecule has 130 valence electrons. The smallest absolute Gasteiger partial charge is 0.286 e. The highest BCUT2D eigenvalue weighted by atomic mass is 79.9. The fraction of sp³-hybridized carbons (Fsp3) is 0.222. The Kier molecular flexibility index (Phi) is 5.23. The number of benzene rings is 1. The number of halogens is 1. The summed E-state index contributed by atoms with van der Waals surface area (Å²) >= 11 is 3.25. The van der Waals surface area contributed by atoms with Gasteiger partial charge in [-0.1, -0.05) is 6.07 Å². The molecular formula is C18H19BrN4O2. The van der Waals surface area contributed by atoms with Crippen molar-refractivity contribution in [3.8, 4) is 0 Å². The van der Waals surface area contributed by atoms with Crippen LogP contribution in [0.2, 0.25) is 0 Å². The van der Waals surface area contributed by atoms with Crippen molar-refractivity contribution in [1.29, 1.82) is 0 Å². The Morgan fingerprint density at radius 1 is 1.28 bits per heavy atom. The van der Waals surface area contributed by atoms with E-state index in [4.69, 9.17) is 0 Å². The molecule has 2 amide bonds. The lowest BCUT2D eigenvalue weighted by molar-refractivity contribution is -0.117. The molecule has 0 fully saturated rings. The molecule has 0 bridgehead atoms. The van der Waals surface area contributed by atoms with Crippen molar-refractivity contribution < 1.29 is 9.59 Å². The molecule has 0 aliphatic carbocycles. The first-order valence-electron chi connectivity index (χ1n) is 7.99. The highest BCUT2D eigenvalue weighted by Crippen LogP contribution is 2.27. The summed E-state index contributed by atoms with van der Waals surface area (Å²) in [4.78, 5) is 28.7. The first-order chi connectivity index (χ1) is 12.0. The number of carbonyl (C=O) groups excluding carboxylic acids is 2. The van der Waals surface area contributed by atoms with Crippen LogP contribution in [0.5, 0.6) is 0 Å². The van der Waals surface area contributed by atoms with Gasteiger partial charge < -0.3 is 9.88 Å². The van der Waals surface area contributed by atoms with E-state index in [0.29, 0.717) is 5.69 Å². The molecule has 1 aliphatic rings. The molecule has 1 aromatic carbocycles. The molecule has 0 unspecified atom stereocenters. The number of hydrazine groups is 1. The number of fused-ring (bicyclic) bond motifs is 1. The maximum atomic E-state index is 11.9. The van der Waals surface area contributed by atoms with Gasteiger partial charge in [-0.25, -0.2) is 0 Å². The number of hydrogen-bond acceptors (Lipinski definition) is 3. The minimum Gasteiger partial charge on any atom is -0.374 e. The van der Waals surface area contributed by atoms with Crippen molar-refractivity contribution >= 4 is 39.5 Å². The van der Waals surface area contributed by atoms with Crippen LogP contribution >= 0.6 is 15.9 Å². The molecule has 2 heterocycles. The number of hydrogen-bond donors (Lipinski definition) is 3. The first-order valence-corrected chi connectivity index (χ1v) is 8.78. The fourth-order valence-corrected chi connectivity index (χ4v) is 3.15. The third-order valence-electron chi connectivity index (χ3n) is 4.07. The third-order valence-corrected chi connectivity index (χ3v) is 4.53. The number of carbonyl (C=O) groups is 2. The zero-order chi connectivity index (χ0) is 17.8. The average molecular weight is 403 g/mol. The van der Waals surface area contributed by atoms with Crippen LogP contribution in [0.25, 0.3) is 6.08 Å². The van der Waals surface area contributed by atoms with Crippen LogP contribution in [0.3, 0.4) is 0 Å². The Morgan fingerprint density at radius 3 is 2.88 bits per heavy atom. The quantitative estimate of drug-likeness (QED) is 0.545. The minimum absolute atomic E-state index is 0.356. The van der Waals surface area contributed by atoms with Gasteiger partial charge in [-0.05, 0) is 64.2 Å². The second-order valence-electron chi connectivity index (χ2n) is 5.92. The number of nitrogens with one attached hydrogen (secondary N) is 3. The van der Waals surface area contributed by atoms with Gasteiger partial charge in [-0.3, -0.25) is 20.4 Å². The van der Waals surface area contributed by atoms with E-state index in [2.05, 4.69) is 55.8 Å². The van der Waals surface area contributed by atoms with Crippen molar-refractivity contribution in [2.45, 2.75) is 12.8 Å². The SMILES string of the molecule is CN1CCCc2cc(C=CC(=O)NNC(=O)c3cc(Br)c[nH]3)ccc21. The zero-order valence-corrected chi connectivity index (χ0v) is 15.4. The number of amides is 2. The summed E-state index contributed by atoms with van der Waals surface area (Å²) < 4.78 is 0.766. The van der Waals surface area contributed by atoms with E-state index in [1.165, 1.54) is 17.3 Å². The van der Waals surface area contributed by atoms with Gasteiger partial charge in [0, 0.05) is 36.0 Å². The number of nitrogens with zero attached hydrogens (tertiary/aromatic N) is 1. The summed E-state index contributed by atoms with van der Waals surface area (Å²) in [6.07, 6.45) is 6.97. The second-order valence-corrected chi connectivity index (χ2v) is 6.84. The lowest BCUT2D eigenvalue weighted by atomic mass is 9.99. The predicted molar refractivity (Wildman–Crippen MR) is 101 cm³/mol. The van der Waals surface area contributed by atoms with Crippen molar-refractivity contribution in [3.05, 3.63) is 57.8 Å². The molecule has 0 radical (unpaired) electrons. The number of H-pyrrole nitrogens is 1. The predicted octanol–water partition coefficient (Wildman–Crippen LogP) is 2.63. The van der Waals surface area contributed by atoms with Crippen LogP contribution in [-0.4, -0.2) is 30.4 Å². The topological polar surface area (TPSA) is 77.2 Å². The second kappa shape index (κ2) is 7.57. The molecule has 7 heteroatoms. The van der Waals surface area contributed by atoms with Crippen LogP contribution in [0.1, 0.15) is 28.0 Å². The molecule has 3 rings (SSSR count). The van der Waals surface area contributed by atoms with E-state index in [1.54, 1.807) is 18.3 Å². The number of aromatic nitrogens is 1. The monoisotopic (exact) mass is 402 g/mol. The van der Waals surface area contributed by atoms with Crippen molar-refractivity contribution in [2.75, 3.05) is 18.5 Å². The van der Waals surface area contributed by atoms with Crippen molar-refractivity contribution in [3.63, 3.8) is 0 Å². The number of aryl methyl sites for hydroxylation is 1. The molecule has 1 aromatic heterocycles. The summed E-state index contributed by atoms with van der Waals surface area (Å²) in [5.41, 5.74) is 8.58. The molecule has 0 atom stereocenters. The Balaban J connectivity index is 1.56. The van der Waals surface area contributed by atoms with E-state index in [1.807, 2.05) is 6.07 Å². The number of aromatic amines is 1. The molecular weight excluding hydrogens is 384 g/mol. The van der Waals surface area contributed by atoms with Gasteiger partial charge >= 0.3 is 0 Å². The molecule has 1 aliphatic heterocycles.